The van der Waals surface area contributed by atoms with Gasteiger partial charge in [-0.05, 0) is 241 Å². The van der Waals surface area contributed by atoms with Gasteiger partial charge in [-0.25, -0.2) is 0 Å². The lowest BCUT2D eigenvalue weighted by Crippen LogP contribution is -1.82. The Hall–Kier alpha value is -5.72. The molecule has 0 saturated carbocycles. The highest BCUT2D eigenvalue weighted by Crippen LogP contribution is 2.17. The highest BCUT2D eigenvalue weighted by Gasteiger charge is 1.96. The molecule has 0 heterocycles. The van der Waals surface area contributed by atoms with Gasteiger partial charge in [0.1, 0.15) is 0 Å². The lowest BCUT2D eigenvalue weighted by atomic mass is 10.0. The fourth-order valence-corrected chi connectivity index (χ4v) is 7.79. The SMILES string of the molecule is CC(C)=CCC/C(C)=C/C=C/C(C)=C/C=C/C(C)=C/C=C/C=C(C)/C=C/C=C(C)/C=C/C=C(\C)CCC=C(C)C.CC(C)=CCC/C(C)=C/CC/C(C)=C/CC/C(C)=C/C=C\C=C(/C)CC/C=C(\C)CC/C=C(\C)CCC=C(C)C. The van der Waals surface area contributed by atoms with Gasteiger partial charge in [0.2, 0.25) is 0 Å². The van der Waals surface area contributed by atoms with Crippen LogP contribution in [0.25, 0.3) is 0 Å². The predicted molar refractivity (Wildman–Crippen MR) is 372 cm³/mol. The second kappa shape index (κ2) is 51.4. The first-order valence-electron chi connectivity index (χ1n) is 30.5. The zero-order valence-corrected chi connectivity index (χ0v) is 55.5. The van der Waals surface area contributed by atoms with Gasteiger partial charge in [0, 0.05) is 0 Å². The van der Waals surface area contributed by atoms with Crippen LogP contribution in [0.1, 0.15) is 241 Å². The topological polar surface area (TPSA) is 0 Å². The van der Waals surface area contributed by atoms with E-state index in [9.17, 15) is 0 Å². The van der Waals surface area contributed by atoms with Crippen molar-refractivity contribution in [1.82, 2.24) is 0 Å². The summed E-state index contributed by atoms with van der Waals surface area (Å²) in [5, 5.41) is 0. The van der Waals surface area contributed by atoms with Gasteiger partial charge in [-0.3, -0.25) is 0 Å². The normalized spacial score (nSPS) is 14.7. The average molecular weight is 1080 g/mol. The third-order valence-electron chi connectivity index (χ3n) is 13.1. The smallest absolute Gasteiger partial charge is 0.0285 e. The van der Waals surface area contributed by atoms with E-state index in [2.05, 4.69) is 309 Å². The summed E-state index contributed by atoms with van der Waals surface area (Å²) in [4.78, 5) is 0. The van der Waals surface area contributed by atoms with Crippen molar-refractivity contribution in [2.75, 3.05) is 0 Å². The Balaban J connectivity index is 0. The molecule has 0 aromatic carbocycles. The maximum atomic E-state index is 2.43. The summed E-state index contributed by atoms with van der Waals surface area (Å²) in [6.45, 7) is 43.8. The van der Waals surface area contributed by atoms with Gasteiger partial charge in [0.05, 0.1) is 0 Å². The van der Waals surface area contributed by atoms with Gasteiger partial charge in [-0.15, -0.1) is 0 Å². The van der Waals surface area contributed by atoms with Gasteiger partial charge in [-0.2, -0.15) is 0 Å². The molecule has 440 valence electrons. The third kappa shape index (κ3) is 57.0. The Morgan fingerprint density at radius 3 is 0.562 bits per heavy atom. The largest absolute Gasteiger partial charge is 0.0856 e. The summed E-state index contributed by atoms with van der Waals surface area (Å²) < 4.78 is 0. The minimum Gasteiger partial charge on any atom is -0.0856 e. The Morgan fingerprint density at radius 2 is 0.338 bits per heavy atom. The van der Waals surface area contributed by atoms with Crippen molar-refractivity contribution < 1.29 is 0 Å². The molecule has 0 amide bonds. The summed E-state index contributed by atoms with van der Waals surface area (Å²) in [5.74, 6) is 0. The van der Waals surface area contributed by atoms with Crippen molar-refractivity contribution >= 4 is 0 Å². The first kappa shape index (κ1) is 76.3. The summed E-state index contributed by atoms with van der Waals surface area (Å²) in [7, 11) is 0. The third-order valence-corrected chi connectivity index (χ3v) is 13.1. The van der Waals surface area contributed by atoms with E-state index in [4.69, 9.17) is 0 Å². The van der Waals surface area contributed by atoms with Gasteiger partial charge in [-0.1, -0.05) is 259 Å². The molecule has 0 aromatic rings. The molecule has 0 fully saturated rings. The Bertz CT molecular complexity index is 2280. The fraction of sp³-hybridized carbons (Fsp3) is 0.450. The van der Waals surface area contributed by atoms with Gasteiger partial charge >= 0.3 is 0 Å². The van der Waals surface area contributed by atoms with Crippen molar-refractivity contribution in [2.24, 2.45) is 0 Å². The van der Waals surface area contributed by atoms with Crippen LogP contribution in [0.2, 0.25) is 0 Å². The average Bonchev–Trinajstić information content (AvgIpc) is 3.36. The molecule has 0 aromatic heterocycles. The Morgan fingerprint density at radius 1 is 0.175 bits per heavy atom. The highest BCUT2D eigenvalue weighted by atomic mass is 14.0. The first-order chi connectivity index (χ1) is 38.0. The van der Waals surface area contributed by atoms with Crippen LogP contribution in [0.4, 0.5) is 0 Å². The maximum absolute atomic E-state index is 2.43. The second-order valence-corrected chi connectivity index (χ2v) is 23.5. The minimum absolute atomic E-state index is 1.12. The molecule has 0 saturated heterocycles. The molecule has 80 heavy (non-hydrogen) atoms. The molecule has 0 nitrogen and oxygen atoms in total. The van der Waals surface area contributed by atoms with Crippen LogP contribution in [0.5, 0.6) is 0 Å². The van der Waals surface area contributed by atoms with Crippen LogP contribution < -0.4 is 0 Å². The van der Waals surface area contributed by atoms with Gasteiger partial charge in [0.25, 0.3) is 0 Å². The molecule has 0 aliphatic rings. The maximum Gasteiger partial charge on any atom is -0.0285 e. The molecule has 0 atom stereocenters. The van der Waals surface area contributed by atoms with Crippen LogP contribution in [0, 0.1) is 0 Å². The minimum atomic E-state index is 1.12. The van der Waals surface area contributed by atoms with E-state index >= 15 is 0 Å². The van der Waals surface area contributed by atoms with Crippen LogP contribution in [-0.2, 0) is 0 Å². The zero-order chi connectivity index (χ0) is 60.4. The Labute approximate surface area is 497 Å². The lowest BCUT2D eigenvalue weighted by molar-refractivity contribution is 0.900. The summed E-state index contributed by atoms with van der Waals surface area (Å²) >= 11 is 0. The lowest BCUT2D eigenvalue weighted by Gasteiger charge is -2.02. The van der Waals surface area contributed by atoms with Crippen molar-refractivity contribution in [3.05, 3.63) is 259 Å². The van der Waals surface area contributed by atoms with E-state index in [0.717, 1.165) is 64.2 Å². The fourth-order valence-electron chi connectivity index (χ4n) is 7.79. The number of hydrogen-bond donors (Lipinski definition) is 0. The second-order valence-electron chi connectivity index (χ2n) is 23.5. The molecular formula is C80H120. The monoisotopic (exact) mass is 1080 g/mol. The molecule has 0 aliphatic heterocycles. The van der Waals surface area contributed by atoms with Crippen molar-refractivity contribution in [2.45, 2.75) is 241 Å². The van der Waals surface area contributed by atoms with E-state index in [-0.39, 0.29) is 0 Å². The first-order valence-corrected chi connectivity index (χ1v) is 30.5. The van der Waals surface area contributed by atoms with Crippen LogP contribution in [0.3, 0.4) is 0 Å². The molecule has 0 rings (SSSR count). The number of rotatable bonds is 36. The van der Waals surface area contributed by atoms with Crippen molar-refractivity contribution in [3.8, 4) is 0 Å². The van der Waals surface area contributed by atoms with Crippen LogP contribution >= 0.6 is 0 Å². The van der Waals surface area contributed by atoms with Crippen molar-refractivity contribution in [1.29, 1.82) is 0 Å². The molecule has 0 N–H and O–H groups in total. The van der Waals surface area contributed by atoms with Gasteiger partial charge < -0.3 is 0 Å². The standard InChI is InChI=1S/C40H64.C40H56/c2*1-33(2)19-13-23-37(7)27-17-31-39(9)29-15-25-35(5)21-11-12-22-36(6)26-16-30-40(10)32-18-28-38(8)24-14-20-34(3)4/h11-12,19-22,27-30H,13-18,23-26,31-32H2,1-10H3;11-12,15-22,25-32H,13-14,23-24H2,1-10H3/b12-11-,35-21+,36-22+,37-27+,38-28+,39-29+,40-30+;12-11+,25-15+,26-16+,31-17+,32-18+,35-21+,36-22+,37-27+,38-28+,39-29+,40-30+. The highest BCUT2D eigenvalue weighted by molar-refractivity contribution is 5.33. The quantitative estimate of drug-likeness (QED) is 0.0433. The number of allylic oxidation sites excluding steroid dienone is 44. The molecule has 0 heteroatoms. The molecule has 0 bridgehead atoms. The van der Waals surface area contributed by atoms with Gasteiger partial charge in [0.15, 0.2) is 0 Å². The van der Waals surface area contributed by atoms with E-state index < -0.39 is 0 Å². The van der Waals surface area contributed by atoms with E-state index in [0.29, 0.717) is 0 Å². The molecule has 0 aliphatic carbocycles. The van der Waals surface area contributed by atoms with E-state index in [1.165, 1.54) is 128 Å². The predicted octanol–water partition coefficient (Wildman–Crippen LogP) is 26.8. The summed E-state index contributed by atoms with van der Waals surface area (Å²) in [6, 6.07) is 0. The summed E-state index contributed by atoms with van der Waals surface area (Å²) in [6.07, 6.45) is 80.6. The molecular weight excluding hydrogens is 961 g/mol. The molecule has 0 unspecified atom stereocenters. The van der Waals surface area contributed by atoms with Crippen LogP contribution in [0.15, 0.2) is 259 Å². The van der Waals surface area contributed by atoms with Crippen LogP contribution in [-0.4, -0.2) is 0 Å². The summed E-state index contributed by atoms with van der Waals surface area (Å²) in [5.41, 5.74) is 22.3. The van der Waals surface area contributed by atoms with E-state index in [1.54, 1.807) is 0 Å². The van der Waals surface area contributed by atoms with E-state index in [1.807, 2.05) is 0 Å². The zero-order valence-electron chi connectivity index (χ0n) is 55.5. The van der Waals surface area contributed by atoms with Crippen molar-refractivity contribution in [3.63, 3.8) is 0 Å². The number of hydrogen-bond acceptors (Lipinski definition) is 0. The molecule has 0 spiro atoms. The Kier molecular flexibility index (Phi) is 49.1. The molecule has 0 radical (unpaired) electrons.